The van der Waals surface area contributed by atoms with Crippen LogP contribution in [0.2, 0.25) is 0 Å². The number of ether oxygens (including phenoxy) is 1. The molecule has 5 nitrogen and oxygen atoms in total. The Morgan fingerprint density at radius 3 is 3.14 bits per heavy atom. The number of aryl methyl sites for hydroxylation is 2. The Morgan fingerprint density at radius 2 is 2.38 bits per heavy atom. The van der Waals surface area contributed by atoms with Crippen LogP contribution in [0.1, 0.15) is 12.2 Å². The van der Waals surface area contributed by atoms with Gasteiger partial charge in [-0.25, -0.2) is 4.98 Å². The van der Waals surface area contributed by atoms with E-state index in [4.69, 9.17) is 10.6 Å². The van der Waals surface area contributed by atoms with Crippen LogP contribution in [0.25, 0.3) is 0 Å². The van der Waals surface area contributed by atoms with Gasteiger partial charge in [0, 0.05) is 36.5 Å². The zero-order valence-electron chi connectivity index (χ0n) is 12.0. The molecule has 2 unspecified atom stereocenters. The Kier molecular flexibility index (Phi) is 4.48. The van der Waals surface area contributed by atoms with Crippen molar-refractivity contribution in [1.29, 1.82) is 0 Å². The summed E-state index contributed by atoms with van der Waals surface area (Å²) in [5.74, 6) is 8.67. The van der Waals surface area contributed by atoms with Gasteiger partial charge in [0.05, 0.1) is 6.04 Å². The maximum Gasteiger partial charge on any atom is 0.133 e. The fraction of sp³-hybridized carbons (Fsp3) is 0.400. The molecule has 3 rings (SSSR count). The normalized spacial score (nSPS) is 18.9. The predicted octanol–water partition coefficient (Wildman–Crippen LogP) is 1.74. The summed E-state index contributed by atoms with van der Waals surface area (Å²) in [7, 11) is 2.01. The maximum absolute atomic E-state index is 6.09. The highest BCUT2D eigenvalue weighted by Crippen LogP contribution is 2.36. The first-order valence-corrected chi connectivity index (χ1v) is 8.07. The van der Waals surface area contributed by atoms with Crippen LogP contribution >= 0.6 is 11.8 Å². The molecular weight excluding hydrogens is 284 g/mol. The van der Waals surface area contributed by atoms with Crippen molar-refractivity contribution >= 4 is 11.8 Å². The molecule has 21 heavy (non-hydrogen) atoms. The molecule has 0 spiro atoms. The summed E-state index contributed by atoms with van der Waals surface area (Å²) in [5.41, 5.74) is 2.91. The molecule has 1 aliphatic heterocycles. The zero-order valence-corrected chi connectivity index (χ0v) is 12.8. The van der Waals surface area contributed by atoms with Crippen LogP contribution in [-0.4, -0.2) is 27.4 Å². The minimum absolute atomic E-state index is 0.0789. The van der Waals surface area contributed by atoms with Crippen molar-refractivity contribution < 1.29 is 4.74 Å². The van der Waals surface area contributed by atoms with Crippen molar-refractivity contribution in [3.63, 3.8) is 0 Å². The van der Waals surface area contributed by atoms with Crippen LogP contribution in [0.15, 0.2) is 41.6 Å². The Morgan fingerprint density at radius 1 is 1.52 bits per heavy atom. The summed E-state index contributed by atoms with van der Waals surface area (Å²) in [4.78, 5) is 5.55. The molecule has 0 bridgehead atoms. The fourth-order valence-corrected chi connectivity index (χ4v) is 3.61. The first kappa shape index (κ1) is 14.4. The highest BCUT2D eigenvalue weighted by Gasteiger charge is 2.27. The largest absolute Gasteiger partial charge is 0.487 e. The van der Waals surface area contributed by atoms with Crippen molar-refractivity contribution in [3.05, 3.63) is 42.5 Å². The van der Waals surface area contributed by atoms with Crippen LogP contribution < -0.4 is 16.0 Å². The Labute approximate surface area is 128 Å². The van der Waals surface area contributed by atoms with E-state index in [1.54, 1.807) is 0 Å². The van der Waals surface area contributed by atoms with Gasteiger partial charge in [-0.3, -0.25) is 11.3 Å². The fourth-order valence-electron chi connectivity index (χ4n) is 2.53. The number of hydrogen-bond acceptors (Lipinski definition) is 5. The molecular formula is C15H20N4OS. The lowest BCUT2D eigenvalue weighted by Crippen LogP contribution is -2.49. The first-order chi connectivity index (χ1) is 10.3. The SMILES string of the molecule is Cn1ccnc1CCC(NN)C1CSc2ccccc2O1. The van der Waals surface area contributed by atoms with Crippen LogP contribution in [0.5, 0.6) is 5.75 Å². The molecule has 1 aromatic carbocycles. The second kappa shape index (κ2) is 6.51. The van der Waals surface area contributed by atoms with Gasteiger partial charge in [0.15, 0.2) is 0 Å². The average Bonchev–Trinajstić information content (AvgIpc) is 2.93. The topological polar surface area (TPSA) is 65.1 Å². The number of nitrogens with one attached hydrogen (secondary N) is 1. The van der Waals surface area contributed by atoms with Crippen LogP contribution in [-0.2, 0) is 13.5 Å². The van der Waals surface area contributed by atoms with E-state index in [2.05, 4.69) is 16.5 Å². The third-order valence-electron chi connectivity index (χ3n) is 3.79. The van der Waals surface area contributed by atoms with Crippen molar-refractivity contribution in [1.82, 2.24) is 15.0 Å². The van der Waals surface area contributed by atoms with Crippen molar-refractivity contribution in [2.75, 3.05) is 5.75 Å². The minimum Gasteiger partial charge on any atom is -0.487 e. The van der Waals surface area contributed by atoms with Gasteiger partial charge in [-0.05, 0) is 18.6 Å². The van der Waals surface area contributed by atoms with Crippen LogP contribution in [0.3, 0.4) is 0 Å². The van der Waals surface area contributed by atoms with E-state index >= 15 is 0 Å². The van der Waals surface area contributed by atoms with Gasteiger partial charge in [0.2, 0.25) is 0 Å². The molecule has 0 amide bonds. The summed E-state index contributed by atoms with van der Waals surface area (Å²) in [6.45, 7) is 0. The quantitative estimate of drug-likeness (QED) is 0.651. The van der Waals surface area contributed by atoms with Crippen molar-refractivity contribution in [3.8, 4) is 5.75 Å². The monoisotopic (exact) mass is 304 g/mol. The number of benzene rings is 1. The van der Waals surface area contributed by atoms with E-state index in [-0.39, 0.29) is 12.1 Å². The predicted molar refractivity (Wildman–Crippen MR) is 84.2 cm³/mol. The number of thioether (sulfide) groups is 1. The summed E-state index contributed by atoms with van der Waals surface area (Å²) < 4.78 is 8.14. The van der Waals surface area contributed by atoms with E-state index in [1.807, 2.05) is 54.0 Å². The van der Waals surface area contributed by atoms with Crippen LogP contribution in [0, 0.1) is 0 Å². The summed E-state index contributed by atoms with van der Waals surface area (Å²) in [5, 5.41) is 0. The smallest absolute Gasteiger partial charge is 0.133 e. The molecule has 2 aromatic rings. The molecule has 1 aliphatic rings. The second-order valence-electron chi connectivity index (χ2n) is 5.18. The van der Waals surface area contributed by atoms with E-state index in [1.165, 1.54) is 4.90 Å². The van der Waals surface area contributed by atoms with Gasteiger partial charge in [-0.15, -0.1) is 11.8 Å². The van der Waals surface area contributed by atoms with Gasteiger partial charge in [0.1, 0.15) is 17.7 Å². The standard InChI is InChI=1S/C15H20N4OS/c1-19-9-8-17-15(19)7-6-11(18-16)13-10-21-14-5-3-2-4-12(14)20-13/h2-5,8-9,11,13,18H,6-7,10,16H2,1H3. The highest BCUT2D eigenvalue weighted by atomic mass is 32.2. The summed E-state index contributed by atoms with van der Waals surface area (Å²) in [6.07, 6.45) is 5.64. The minimum atomic E-state index is 0.0789. The number of rotatable bonds is 5. The molecule has 0 saturated carbocycles. The molecule has 6 heteroatoms. The molecule has 2 atom stereocenters. The highest BCUT2D eigenvalue weighted by molar-refractivity contribution is 7.99. The summed E-state index contributed by atoms with van der Waals surface area (Å²) >= 11 is 1.83. The number of hydrogen-bond donors (Lipinski definition) is 2. The number of aromatic nitrogens is 2. The van der Waals surface area contributed by atoms with Gasteiger partial charge < -0.3 is 9.30 Å². The van der Waals surface area contributed by atoms with E-state index in [0.717, 1.165) is 30.2 Å². The Balaban J connectivity index is 1.63. The van der Waals surface area contributed by atoms with E-state index in [9.17, 15) is 0 Å². The number of para-hydroxylation sites is 1. The van der Waals surface area contributed by atoms with E-state index in [0.29, 0.717) is 0 Å². The molecule has 3 N–H and O–H groups in total. The van der Waals surface area contributed by atoms with E-state index < -0.39 is 0 Å². The van der Waals surface area contributed by atoms with Gasteiger partial charge >= 0.3 is 0 Å². The molecule has 2 heterocycles. The molecule has 1 aromatic heterocycles. The Bertz CT molecular complexity index is 601. The van der Waals surface area contributed by atoms with Gasteiger partial charge in [-0.2, -0.15) is 0 Å². The lowest BCUT2D eigenvalue weighted by Gasteiger charge is -2.31. The molecule has 0 aliphatic carbocycles. The van der Waals surface area contributed by atoms with Crippen molar-refractivity contribution in [2.45, 2.75) is 29.9 Å². The number of nitrogens with zero attached hydrogens (tertiary/aromatic N) is 2. The van der Waals surface area contributed by atoms with Crippen LogP contribution in [0.4, 0.5) is 0 Å². The molecule has 0 saturated heterocycles. The number of nitrogens with two attached hydrogens (primary N) is 1. The molecule has 112 valence electrons. The first-order valence-electron chi connectivity index (χ1n) is 7.08. The second-order valence-corrected chi connectivity index (χ2v) is 6.24. The average molecular weight is 304 g/mol. The molecule has 0 radical (unpaired) electrons. The Hall–Kier alpha value is -1.50. The number of imidazole rings is 1. The zero-order chi connectivity index (χ0) is 14.7. The summed E-state index contributed by atoms with van der Waals surface area (Å²) in [6, 6.07) is 8.26. The van der Waals surface area contributed by atoms with Gasteiger partial charge in [0.25, 0.3) is 0 Å². The third kappa shape index (κ3) is 3.23. The number of hydrazine groups is 1. The number of fused-ring (bicyclic) bond motifs is 1. The molecule has 0 fully saturated rings. The third-order valence-corrected chi connectivity index (χ3v) is 4.94. The lowest BCUT2D eigenvalue weighted by molar-refractivity contribution is 0.160. The van der Waals surface area contributed by atoms with Gasteiger partial charge in [-0.1, -0.05) is 12.1 Å². The maximum atomic E-state index is 6.09. The lowest BCUT2D eigenvalue weighted by atomic mass is 10.1. The van der Waals surface area contributed by atoms with Crippen molar-refractivity contribution in [2.24, 2.45) is 12.9 Å².